The van der Waals surface area contributed by atoms with Gasteiger partial charge in [0, 0.05) is 23.7 Å². The highest BCUT2D eigenvalue weighted by Gasteiger charge is 2.27. The number of nitrogens with zero attached hydrogens (tertiary/aromatic N) is 2. The second-order valence-electron chi connectivity index (χ2n) is 7.64. The minimum absolute atomic E-state index is 0.0946. The molecule has 0 bridgehead atoms. The van der Waals surface area contributed by atoms with E-state index in [1.165, 1.54) is 0 Å². The number of benzene rings is 1. The number of pyridine rings is 1. The average molecular weight is 366 g/mol. The van der Waals surface area contributed by atoms with Crippen molar-refractivity contribution in [2.45, 2.75) is 57.9 Å². The van der Waals surface area contributed by atoms with Crippen molar-refractivity contribution in [3.8, 4) is 0 Å². The third-order valence-electron chi connectivity index (χ3n) is 5.82. The number of carbonyl (C=O) groups is 2. The number of ether oxygens (including phenoxy) is 1. The van der Waals surface area contributed by atoms with Crippen LogP contribution in [0.2, 0.25) is 0 Å². The molecule has 1 aromatic heterocycles. The summed E-state index contributed by atoms with van der Waals surface area (Å²) < 4.78 is 5.51. The van der Waals surface area contributed by atoms with E-state index in [9.17, 15) is 9.59 Å². The summed E-state index contributed by atoms with van der Waals surface area (Å²) in [7, 11) is 0. The van der Waals surface area contributed by atoms with Crippen LogP contribution in [-0.2, 0) is 22.4 Å². The first-order valence-electron chi connectivity index (χ1n) is 10.0. The summed E-state index contributed by atoms with van der Waals surface area (Å²) in [6.45, 7) is 2.63. The van der Waals surface area contributed by atoms with Crippen molar-refractivity contribution in [1.29, 1.82) is 0 Å². The maximum atomic E-state index is 13.0. The summed E-state index contributed by atoms with van der Waals surface area (Å²) in [6.07, 6.45) is 7.07. The Morgan fingerprint density at radius 3 is 2.81 bits per heavy atom. The third-order valence-corrected chi connectivity index (χ3v) is 5.82. The first-order chi connectivity index (χ1) is 13.1. The van der Waals surface area contributed by atoms with Crippen molar-refractivity contribution in [3.63, 3.8) is 0 Å². The summed E-state index contributed by atoms with van der Waals surface area (Å²) in [4.78, 5) is 32.1. The van der Waals surface area contributed by atoms with E-state index in [-0.39, 0.29) is 18.6 Å². The molecule has 2 aliphatic rings. The van der Waals surface area contributed by atoms with Crippen LogP contribution in [0.15, 0.2) is 24.3 Å². The highest BCUT2D eigenvalue weighted by molar-refractivity contribution is 6.05. The first-order valence-corrected chi connectivity index (χ1v) is 10.0. The molecular weight excluding hydrogens is 340 g/mol. The molecule has 142 valence electrons. The Morgan fingerprint density at radius 2 is 1.96 bits per heavy atom. The summed E-state index contributed by atoms with van der Waals surface area (Å²) >= 11 is 0. The molecule has 0 N–H and O–H groups in total. The van der Waals surface area contributed by atoms with Gasteiger partial charge in [-0.05, 0) is 63.5 Å². The molecule has 2 aromatic rings. The lowest BCUT2D eigenvalue weighted by Crippen LogP contribution is -2.44. The molecule has 27 heavy (non-hydrogen) atoms. The number of para-hydroxylation sites is 1. The van der Waals surface area contributed by atoms with E-state index in [4.69, 9.17) is 9.72 Å². The van der Waals surface area contributed by atoms with Crippen molar-refractivity contribution in [2.24, 2.45) is 0 Å². The van der Waals surface area contributed by atoms with Gasteiger partial charge >= 0.3 is 5.97 Å². The SMILES string of the molecule is C[C@@H]1CCCCN1C(=O)COC(=O)c1c2c(nc3ccccc13)CCCC2. The van der Waals surface area contributed by atoms with Crippen LogP contribution in [0.3, 0.4) is 0 Å². The Bertz CT molecular complexity index is 877. The number of aryl methyl sites for hydroxylation is 1. The number of hydrogen-bond acceptors (Lipinski definition) is 4. The third kappa shape index (κ3) is 3.55. The summed E-state index contributed by atoms with van der Waals surface area (Å²) in [6, 6.07) is 7.92. The number of esters is 1. The van der Waals surface area contributed by atoms with Gasteiger partial charge in [-0.2, -0.15) is 0 Å². The molecule has 1 atom stereocenters. The molecule has 1 amide bonds. The number of fused-ring (bicyclic) bond motifs is 2. The second kappa shape index (κ2) is 7.67. The van der Waals surface area contributed by atoms with Gasteiger partial charge in [0.1, 0.15) is 0 Å². The van der Waals surface area contributed by atoms with Crippen molar-refractivity contribution in [2.75, 3.05) is 13.2 Å². The van der Waals surface area contributed by atoms with Crippen LogP contribution in [0.4, 0.5) is 0 Å². The molecule has 5 heteroatoms. The Kier molecular flexibility index (Phi) is 5.10. The fourth-order valence-corrected chi connectivity index (χ4v) is 4.36. The Hall–Kier alpha value is -2.43. The summed E-state index contributed by atoms with van der Waals surface area (Å²) in [5.74, 6) is -0.493. The number of amides is 1. The molecule has 1 aliphatic carbocycles. The van der Waals surface area contributed by atoms with Crippen LogP contribution >= 0.6 is 0 Å². The minimum atomic E-state index is -0.398. The van der Waals surface area contributed by atoms with E-state index in [1.54, 1.807) is 0 Å². The molecule has 2 heterocycles. The molecule has 1 aromatic carbocycles. The van der Waals surface area contributed by atoms with Gasteiger partial charge in [-0.1, -0.05) is 18.2 Å². The lowest BCUT2D eigenvalue weighted by molar-refractivity contribution is -0.137. The molecule has 4 rings (SSSR count). The Balaban J connectivity index is 1.58. The number of likely N-dealkylation sites (tertiary alicyclic amines) is 1. The quantitative estimate of drug-likeness (QED) is 0.778. The van der Waals surface area contributed by atoms with Crippen LogP contribution in [0.1, 0.15) is 60.6 Å². The number of aromatic nitrogens is 1. The maximum absolute atomic E-state index is 13.0. The predicted octanol–water partition coefficient (Wildman–Crippen LogP) is 3.67. The van der Waals surface area contributed by atoms with E-state index in [0.717, 1.165) is 73.7 Å². The van der Waals surface area contributed by atoms with Gasteiger partial charge < -0.3 is 9.64 Å². The molecule has 0 radical (unpaired) electrons. The van der Waals surface area contributed by atoms with Crippen molar-refractivity contribution in [1.82, 2.24) is 9.88 Å². The highest BCUT2D eigenvalue weighted by Crippen LogP contribution is 2.29. The van der Waals surface area contributed by atoms with E-state index in [2.05, 4.69) is 6.92 Å². The van der Waals surface area contributed by atoms with Crippen molar-refractivity contribution in [3.05, 3.63) is 41.1 Å². The number of rotatable bonds is 3. The van der Waals surface area contributed by atoms with Crippen molar-refractivity contribution >= 4 is 22.8 Å². The molecule has 1 saturated heterocycles. The number of piperidine rings is 1. The molecule has 0 spiro atoms. The van der Waals surface area contributed by atoms with Gasteiger partial charge in [-0.3, -0.25) is 9.78 Å². The Labute approximate surface area is 159 Å². The van der Waals surface area contributed by atoms with E-state index in [0.29, 0.717) is 5.56 Å². The van der Waals surface area contributed by atoms with Gasteiger partial charge in [-0.15, -0.1) is 0 Å². The normalized spacial score (nSPS) is 19.6. The van der Waals surface area contributed by atoms with Crippen LogP contribution < -0.4 is 0 Å². The number of hydrogen-bond donors (Lipinski definition) is 0. The van der Waals surface area contributed by atoms with Gasteiger partial charge in [0.05, 0.1) is 11.1 Å². The predicted molar refractivity (Wildman–Crippen MR) is 104 cm³/mol. The van der Waals surface area contributed by atoms with E-state index < -0.39 is 5.97 Å². The van der Waals surface area contributed by atoms with Gasteiger partial charge in [-0.25, -0.2) is 4.79 Å². The smallest absolute Gasteiger partial charge is 0.339 e. The summed E-state index contributed by atoms with van der Waals surface area (Å²) in [5, 5.41) is 0.821. The van der Waals surface area contributed by atoms with Gasteiger partial charge in [0.2, 0.25) is 0 Å². The van der Waals surface area contributed by atoms with Gasteiger partial charge in [0.15, 0.2) is 6.61 Å². The first kappa shape index (κ1) is 18.0. The standard InChI is InChI=1S/C22H26N2O3/c1-15-8-6-7-13-24(15)20(25)14-27-22(26)21-16-9-2-4-11-18(16)23-19-12-5-3-10-17(19)21/h2,4,9,11,15H,3,5-8,10,12-14H2,1H3/t15-/m1/s1. The zero-order chi connectivity index (χ0) is 18.8. The van der Waals surface area contributed by atoms with E-state index in [1.807, 2.05) is 29.2 Å². The molecule has 1 fully saturated rings. The fraction of sp³-hybridized carbons (Fsp3) is 0.500. The largest absolute Gasteiger partial charge is 0.452 e. The minimum Gasteiger partial charge on any atom is -0.452 e. The van der Waals surface area contributed by atoms with Crippen molar-refractivity contribution < 1.29 is 14.3 Å². The monoisotopic (exact) mass is 366 g/mol. The Morgan fingerprint density at radius 1 is 1.15 bits per heavy atom. The topological polar surface area (TPSA) is 59.5 Å². The summed E-state index contributed by atoms with van der Waals surface area (Å²) in [5.41, 5.74) is 3.43. The lowest BCUT2D eigenvalue weighted by atomic mass is 9.90. The second-order valence-corrected chi connectivity index (χ2v) is 7.64. The molecular formula is C22H26N2O3. The molecule has 1 aliphatic heterocycles. The lowest BCUT2D eigenvalue weighted by Gasteiger charge is -2.33. The van der Waals surface area contributed by atoms with Gasteiger partial charge in [0.25, 0.3) is 5.91 Å². The van der Waals surface area contributed by atoms with Crippen LogP contribution in [-0.4, -0.2) is 41.0 Å². The average Bonchev–Trinajstić information content (AvgIpc) is 2.70. The zero-order valence-corrected chi connectivity index (χ0v) is 15.9. The zero-order valence-electron chi connectivity index (χ0n) is 15.9. The van der Waals surface area contributed by atoms with Crippen LogP contribution in [0.5, 0.6) is 0 Å². The number of carbonyl (C=O) groups excluding carboxylic acids is 2. The fourth-order valence-electron chi connectivity index (χ4n) is 4.36. The van der Waals surface area contributed by atoms with Crippen LogP contribution in [0.25, 0.3) is 10.9 Å². The van der Waals surface area contributed by atoms with E-state index >= 15 is 0 Å². The molecule has 0 unspecified atom stereocenters. The molecule has 0 saturated carbocycles. The maximum Gasteiger partial charge on any atom is 0.339 e. The van der Waals surface area contributed by atoms with Crippen LogP contribution in [0, 0.1) is 0 Å². The molecule has 5 nitrogen and oxygen atoms in total. The highest BCUT2D eigenvalue weighted by atomic mass is 16.5.